The predicted octanol–water partition coefficient (Wildman–Crippen LogP) is 0.926. The largest absolute Gasteiger partial charge is 0.378 e. The van der Waals surface area contributed by atoms with E-state index in [0.29, 0.717) is 18.8 Å². The summed E-state index contributed by atoms with van der Waals surface area (Å²) in [6, 6.07) is 1.88. The van der Waals surface area contributed by atoms with Crippen molar-refractivity contribution in [2.24, 2.45) is 7.05 Å². The maximum absolute atomic E-state index is 11.3. The van der Waals surface area contributed by atoms with Crippen molar-refractivity contribution in [3.8, 4) is 0 Å². The van der Waals surface area contributed by atoms with E-state index in [1.54, 1.807) is 4.68 Å². The Morgan fingerprint density at radius 2 is 2.11 bits per heavy atom. The van der Waals surface area contributed by atoms with Crippen molar-refractivity contribution in [1.82, 2.24) is 14.8 Å². The Morgan fingerprint density at radius 3 is 2.79 bits per heavy atom. The van der Waals surface area contributed by atoms with E-state index in [4.69, 9.17) is 4.74 Å². The number of carbonyl (C=O) groups excluding carboxylic acids is 1. The molecule has 1 aliphatic rings. The van der Waals surface area contributed by atoms with Crippen molar-refractivity contribution in [3.05, 3.63) is 17.3 Å². The number of hydrogen-bond donors (Lipinski definition) is 0. The summed E-state index contributed by atoms with van der Waals surface area (Å²) < 4.78 is 7.09. The van der Waals surface area contributed by atoms with Crippen molar-refractivity contribution in [2.45, 2.75) is 6.92 Å². The number of carbonyl (C=O) groups is 1. The Morgan fingerprint density at radius 1 is 1.37 bits per heavy atom. The van der Waals surface area contributed by atoms with E-state index in [9.17, 15) is 4.79 Å². The van der Waals surface area contributed by atoms with Crippen LogP contribution < -0.4 is 4.90 Å². The standard InChI is InChI=1S/C13H16N4O2/c1-9-11-7-10(8-18)12(14-13(11)16(2)15-9)17-3-5-19-6-4-17/h7-8H,3-6H2,1-2H3. The summed E-state index contributed by atoms with van der Waals surface area (Å²) >= 11 is 0. The first-order valence-corrected chi connectivity index (χ1v) is 6.33. The number of fused-ring (bicyclic) bond motifs is 1. The number of anilines is 1. The van der Waals surface area contributed by atoms with Crippen LogP contribution in [0.1, 0.15) is 16.1 Å². The number of nitrogens with zero attached hydrogens (tertiary/aromatic N) is 4. The van der Waals surface area contributed by atoms with E-state index in [0.717, 1.165) is 41.9 Å². The molecule has 0 atom stereocenters. The summed E-state index contributed by atoms with van der Waals surface area (Å²) in [5, 5.41) is 5.28. The molecule has 0 N–H and O–H groups in total. The van der Waals surface area contributed by atoms with Crippen LogP contribution in [0.25, 0.3) is 11.0 Å². The van der Waals surface area contributed by atoms with Gasteiger partial charge in [-0.25, -0.2) is 4.98 Å². The summed E-state index contributed by atoms with van der Waals surface area (Å²) in [6.45, 7) is 4.78. The van der Waals surface area contributed by atoms with Crippen molar-refractivity contribution in [1.29, 1.82) is 0 Å². The molecule has 100 valence electrons. The minimum absolute atomic E-state index is 0.616. The number of rotatable bonds is 2. The monoisotopic (exact) mass is 260 g/mol. The van der Waals surface area contributed by atoms with E-state index in [-0.39, 0.29) is 0 Å². The molecule has 1 aliphatic heterocycles. The van der Waals surface area contributed by atoms with Gasteiger partial charge in [-0.15, -0.1) is 0 Å². The Hall–Kier alpha value is -1.95. The van der Waals surface area contributed by atoms with E-state index in [2.05, 4.69) is 15.0 Å². The van der Waals surface area contributed by atoms with Crippen molar-refractivity contribution < 1.29 is 9.53 Å². The molecule has 19 heavy (non-hydrogen) atoms. The minimum Gasteiger partial charge on any atom is -0.378 e. The molecule has 0 spiro atoms. The maximum Gasteiger partial charge on any atom is 0.160 e. The Balaban J connectivity index is 2.16. The van der Waals surface area contributed by atoms with Gasteiger partial charge in [-0.2, -0.15) is 5.10 Å². The van der Waals surface area contributed by atoms with Crippen LogP contribution in [0.5, 0.6) is 0 Å². The summed E-state index contributed by atoms with van der Waals surface area (Å²) in [6.07, 6.45) is 0.865. The molecule has 1 fully saturated rings. The van der Waals surface area contributed by atoms with Gasteiger partial charge in [0.1, 0.15) is 5.82 Å². The highest BCUT2D eigenvalue weighted by Gasteiger charge is 2.19. The maximum atomic E-state index is 11.3. The fourth-order valence-electron chi connectivity index (χ4n) is 2.46. The zero-order chi connectivity index (χ0) is 13.4. The molecule has 6 heteroatoms. The summed E-state index contributed by atoms with van der Waals surface area (Å²) in [7, 11) is 1.87. The number of aromatic nitrogens is 3. The van der Waals surface area contributed by atoms with Crippen LogP contribution in [-0.2, 0) is 11.8 Å². The fraction of sp³-hybridized carbons (Fsp3) is 0.462. The van der Waals surface area contributed by atoms with Crippen LogP contribution in [-0.4, -0.2) is 47.4 Å². The second kappa shape index (κ2) is 4.62. The SMILES string of the molecule is Cc1nn(C)c2nc(N3CCOCC3)c(C=O)cc12. The lowest BCUT2D eigenvalue weighted by atomic mass is 10.2. The number of hydrogen-bond acceptors (Lipinski definition) is 5. The predicted molar refractivity (Wildman–Crippen MR) is 71.7 cm³/mol. The van der Waals surface area contributed by atoms with E-state index in [1.165, 1.54) is 0 Å². The van der Waals surface area contributed by atoms with Gasteiger partial charge < -0.3 is 9.64 Å². The van der Waals surface area contributed by atoms with Crippen molar-refractivity contribution in [2.75, 3.05) is 31.2 Å². The highest BCUT2D eigenvalue weighted by molar-refractivity contribution is 5.91. The summed E-state index contributed by atoms with van der Waals surface area (Å²) in [5.74, 6) is 0.730. The molecule has 2 aromatic heterocycles. The first-order valence-electron chi connectivity index (χ1n) is 6.33. The molecule has 0 amide bonds. The first kappa shape index (κ1) is 12.1. The second-order valence-corrected chi connectivity index (χ2v) is 4.70. The highest BCUT2D eigenvalue weighted by atomic mass is 16.5. The molecule has 1 saturated heterocycles. The average Bonchev–Trinajstić information content (AvgIpc) is 2.73. The molecule has 2 aromatic rings. The lowest BCUT2D eigenvalue weighted by molar-refractivity contribution is 0.111. The smallest absolute Gasteiger partial charge is 0.160 e. The summed E-state index contributed by atoms with van der Waals surface area (Å²) in [4.78, 5) is 18.0. The van der Waals surface area contributed by atoms with Crippen LogP contribution in [0.2, 0.25) is 0 Å². The van der Waals surface area contributed by atoms with Gasteiger partial charge in [0, 0.05) is 25.5 Å². The number of aryl methyl sites for hydroxylation is 2. The zero-order valence-corrected chi connectivity index (χ0v) is 11.1. The Bertz CT molecular complexity index is 629. The molecule has 3 rings (SSSR count). The third-order valence-electron chi connectivity index (χ3n) is 3.44. The molecule has 0 aliphatic carbocycles. The van der Waals surface area contributed by atoms with Crippen LogP contribution in [0.15, 0.2) is 6.07 Å². The van der Waals surface area contributed by atoms with E-state index >= 15 is 0 Å². The molecular formula is C13H16N4O2. The number of morpholine rings is 1. The fourth-order valence-corrected chi connectivity index (χ4v) is 2.46. The molecule has 6 nitrogen and oxygen atoms in total. The molecule has 3 heterocycles. The molecule has 0 saturated carbocycles. The quantitative estimate of drug-likeness (QED) is 0.752. The number of ether oxygens (including phenoxy) is 1. The molecule has 0 bridgehead atoms. The number of aldehydes is 1. The van der Waals surface area contributed by atoms with Crippen LogP contribution in [0.4, 0.5) is 5.82 Å². The van der Waals surface area contributed by atoms with Gasteiger partial charge in [0.05, 0.1) is 24.5 Å². The lowest BCUT2D eigenvalue weighted by Crippen LogP contribution is -2.37. The van der Waals surface area contributed by atoms with E-state index in [1.807, 2.05) is 20.0 Å². The van der Waals surface area contributed by atoms with Gasteiger partial charge in [0.15, 0.2) is 11.9 Å². The Kier molecular flexibility index (Phi) is 2.94. The van der Waals surface area contributed by atoms with Crippen LogP contribution in [0, 0.1) is 6.92 Å². The number of pyridine rings is 1. The third-order valence-corrected chi connectivity index (χ3v) is 3.44. The van der Waals surface area contributed by atoms with Gasteiger partial charge in [-0.05, 0) is 13.0 Å². The van der Waals surface area contributed by atoms with Gasteiger partial charge in [0.2, 0.25) is 0 Å². The molecule has 0 radical (unpaired) electrons. The van der Waals surface area contributed by atoms with Crippen molar-refractivity contribution in [3.63, 3.8) is 0 Å². The third kappa shape index (κ3) is 1.98. The zero-order valence-electron chi connectivity index (χ0n) is 11.1. The molecular weight excluding hydrogens is 244 g/mol. The van der Waals surface area contributed by atoms with Crippen LogP contribution in [0.3, 0.4) is 0 Å². The van der Waals surface area contributed by atoms with Gasteiger partial charge >= 0.3 is 0 Å². The molecule has 0 unspecified atom stereocenters. The van der Waals surface area contributed by atoms with Crippen LogP contribution >= 0.6 is 0 Å². The first-order chi connectivity index (χ1) is 9.20. The topological polar surface area (TPSA) is 60.3 Å². The lowest BCUT2D eigenvalue weighted by Gasteiger charge is -2.28. The highest BCUT2D eigenvalue weighted by Crippen LogP contribution is 2.24. The average molecular weight is 260 g/mol. The minimum atomic E-state index is 0.616. The normalized spacial score (nSPS) is 16.0. The van der Waals surface area contributed by atoms with Gasteiger partial charge in [-0.3, -0.25) is 9.48 Å². The van der Waals surface area contributed by atoms with Gasteiger partial charge in [-0.1, -0.05) is 0 Å². The summed E-state index contributed by atoms with van der Waals surface area (Å²) in [5.41, 5.74) is 2.32. The molecule has 0 aromatic carbocycles. The Labute approximate surface area is 111 Å². The van der Waals surface area contributed by atoms with Crippen molar-refractivity contribution >= 4 is 23.1 Å². The second-order valence-electron chi connectivity index (χ2n) is 4.70. The van der Waals surface area contributed by atoms with E-state index < -0.39 is 0 Å². The van der Waals surface area contributed by atoms with Gasteiger partial charge in [0.25, 0.3) is 0 Å².